The number of fused-ring (bicyclic) bond motifs is 6. The monoisotopic (exact) mass is 489 g/mol. The van der Waals surface area contributed by atoms with Crippen LogP contribution in [0.1, 0.15) is 0 Å². The summed E-state index contributed by atoms with van der Waals surface area (Å²) in [4.78, 5) is 15.0. The number of para-hydroxylation sites is 2. The largest absolute Gasteiger partial charge is 0.456 e. The SMILES string of the molecule is c1ccc(-c2nc(-c3cccc4oc5ccccc5c34)nc(-c3cccc4oc5ccccc5c34)n2)cc1. The summed E-state index contributed by atoms with van der Waals surface area (Å²) in [5.41, 5.74) is 6.00. The van der Waals surface area contributed by atoms with Gasteiger partial charge >= 0.3 is 0 Å². The van der Waals surface area contributed by atoms with Crippen LogP contribution in [0.5, 0.6) is 0 Å². The average molecular weight is 490 g/mol. The van der Waals surface area contributed by atoms with Gasteiger partial charge in [-0.1, -0.05) is 91.0 Å². The Morgan fingerprint density at radius 3 is 1.37 bits per heavy atom. The smallest absolute Gasteiger partial charge is 0.164 e. The molecule has 0 amide bonds. The Bertz CT molecular complexity index is 2010. The Balaban J connectivity index is 1.46. The average Bonchev–Trinajstić information content (AvgIpc) is 3.56. The Hall–Kier alpha value is -5.29. The van der Waals surface area contributed by atoms with E-state index in [-0.39, 0.29) is 0 Å². The van der Waals surface area contributed by atoms with Crippen molar-refractivity contribution in [3.8, 4) is 34.2 Å². The van der Waals surface area contributed by atoms with E-state index in [2.05, 4.69) is 12.1 Å². The zero-order chi connectivity index (χ0) is 25.1. The predicted molar refractivity (Wildman–Crippen MR) is 151 cm³/mol. The van der Waals surface area contributed by atoms with E-state index in [0.29, 0.717) is 17.5 Å². The second-order valence-corrected chi connectivity index (χ2v) is 9.23. The molecule has 0 saturated carbocycles. The molecule has 3 aromatic heterocycles. The molecule has 0 radical (unpaired) electrons. The van der Waals surface area contributed by atoms with Crippen molar-refractivity contribution < 1.29 is 8.83 Å². The maximum absolute atomic E-state index is 6.16. The normalized spacial score (nSPS) is 11.7. The molecule has 0 fully saturated rings. The third-order valence-electron chi connectivity index (χ3n) is 6.95. The lowest BCUT2D eigenvalue weighted by Crippen LogP contribution is -2.00. The van der Waals surface area contributed by atoms with Crippen LogP contribution in [0.4, 0.5) is 0 Å². The molecule has 5 heteroatoms. The van der Waals surface area contributed by atoms with Gasteiger partial charge in [0, 0.05) is 38.2 Å². The molecule has 38 heavy (non-hydrogen) atoms. The summed E-state index contributed by atoms with van der Waals surface area (Å²) in [6.45, 7) is 0. The zero-order valence-corrected chi connectivity index (χ0v) is 20.1. The standard InChI is InChI=1S/C33H19N3O2/c1-2-10-20(11-3-1)31-34-32(23-14-8-18-27-29(23)21-12-4-6-16-25(21)37-27)36-33(35-31)24-15-9-19-28-30(24)22-13-5-7-17-26(22)38-28/h1-19H. The van der Waals surface area contributed by atoms with Crippen LogP contribution in [0.15, 0.2) is 124 Å². The van der Waals surface area contributed by atoms with Gasteiger partial charge in [-0.2, -0.15) is 0 Å². The summed E-state index contributed by atoms with van der Waals surface area (Å²) < 4.78 is 12.3. The van der Waals surface area contributed by atoms with E-state index >= 15 is 0 Å². The molecule has 3 heterocycles. The molecule has 8 rings (SSSR count). The second kappa shape index (κ2) is 8.11. The summed E-state index contributed by atoms with van der Waals surface area (Å²) in [7, 11) is 0. The Morgan fingerprint density at radius 2 is 0.816 bits per heavy atom. The topological polar surface area (TPSA) is 65.0 Å². The van der Waals surface area contributed by atoms with Crippen molar-refractivity contribution in [2.45, 2.75) is 0 Å². The van der Waals surface area contributed by atoms with E-state index < -0.39 is 0 Å². The molecule has 178 valence electrons. The van der Waals surface area contributed by atoms with E-state index in [0.717, 1.165) is 60.6 Å². The molecule has 5 nitrogen and oxygen atoms in total. The lowest BCUT2D eigenvalue weighted by Gasteiger charge is -2.10. The second-order valence-electron chi connectivity index (χ2n) is 9.23. The van der Waals surface area contributed by atoms with Gasteiger partial charge in [-0.15, -0.1) is 0 Å². The first-order valence-electron chi connectivity index (χ1n) is 12.5. The first-order valence-corrected chi connectivity index (χ1v) is 12.5. The number of benzene rings is 5. The van der Waals surface area contributed by atoms with Crippen LogP contribution < -0.4 is 0 Å². The fraction of sp³-hybridized carbons (Fsp3) is 0. The van der Waals surface area contributed by atoms with Crippen LogP contribution in [0.3, 0.4) is 0 Å². The summed E-state index contributed by atoms with van der Waals surface area (Å²) in [6, 6.07) is 38.2. The molecule has 0 atom stereocenters. The maximum atomic E-state index is 6.16. The van der Waals surface area contributed by atoms with E-state index in [1.165, 1.54) is 0 Å². The van der Waals surface area contributed by atoms with Gasteiger partial charge in [-0.05, 0) is 24.3 Å². The molecule has 0 spiro atoms. The van der Waals surface area contributed by atoms with Gasteiger partial charge in [0.05, 0.1) is 0 Å². The zero-order valence-electron chi connectivity index (χ0n) is 20.1. The Morgan fingerprint density at radius 1 is 0.368 bits per heavy atom. The molecule has 5 aromatic carbocycles. The third-order valence-corrected chi connectivity index (χ3v) is 6.95. The van der Waals surface area contributed by atoms with E-state index in [4.69, 9.17) is 23.8 Å². The highest BCUT2D eigenvalue weighted by molar-refractivity contribution is 6.13. The molecule has 0 N–H and O–H groups in total. The predicted octanol–water partition coefficient (Wildman–Crippen LogP) is 8.67. The number of rotatable bonds is 3. The van der Waals surface area contributed by atoms with Crippen molar-refractivity contribution in [3.63, 3.8) is 0 Å². The van der Waals surface area contributed by atoms with Gasteiger partial charge < -0.3 is 8.83 Å². The minimum absolute atomic E-state index is 0.593. The molecule has 0 bridgehead atoms. The number of nitrogens with zero attached hydrogens (tertiary/aromatic N) is 3. The molecule has 0 aliphatic heterocycles. The molecule has 0 saturated heterocycles. The summed E-state index contributed by atoms with van der Waals surface area (Å²) in [6.07, 6.45) is 0. The number of furan rings is 2. The van der Waals surface area contributed by atoms with Gasteiger partial charge in [-0.25, -0.2) is 15.0 Å². The van der Waals surface area contributed by atoms with E-state index in [1.54, 1.807) is 0 Å². The van der Waals surface area contributed by atoms with Crippen LogP contribution >= 0.6 is 0 Å². The van der Waals surface area contributed by atoms with Crippen molar-refractivity contribution in [2.24, 2.45) is 0 Å². The van der Waals surface area contributed by atoms with Gasteiger partial charge in [0.1, 0.15) is 22.3 Å². The number of hydrogen-bond donors (Lipinski definition) is 0. The van der Waals surface area contributed by atoms with Gasteiger partial charge in [0.25, 0.3) is 0 Å². The van der Waals surface area contributed by atoms with Crippen molar-refractivity contribution in [2.75, 3.05) is 0 Å². The first-order chi connectivity index (χ1) is 18.8. The van der Waals surface area contributed by atoms with E-state index in [9.17, 15) is 0 Å². The van der Waals surface area contributed by atoms with Gasteiger partial charge in [0.15, 0.2) is 17.5 Å². The van der Waals surface area contributed by atoms with Gasteiger partial charge in [-0.3, -0.25) is 0 Å². The van der Waals surface area contributed by atoms with Crippen LogP contribution in [0, 0.1) is 0 Å². The third kappa shape index (κ3) is 3.15. The lowest BCUT2D eigenvalue weighted by molar-refractivity contribution is 0.668. The summed E-state index contributed by atoms with van der Waals surface area (Å²) in [5.74, 6) is 1.80. The number of aromatic nitrogens is 3. The van der Waals surface area contributed by atoms with Crippen molar-refractivity contribution in [3.05, 3.63) is 115 Å². The minimum atomic E-state index is 0.593. The fourth-order valence-electron chi connectivity index (χ4n) is 5.26. The number of hydrogen-bond acceptors (Lipinski definition) is 5. The highest BCUT2D eigenvalue weighted by atomic mass is 16.3. The molecular formula is C33H19N3O2. The summed E-state index contributed by atoms with van der Waals surface area (Å²) >= 11 is 0. The van der Waals surface area contributed by atoms with Crippen molar-refractivity contribution in [1.29, 1.82) is 0 Å². The molecular weight excluding hydrogens is 470 g/mol. The van der Waals surface area contributed by atoms with Crippen LogP contribution in [0.25, 0.3) is 78.0 Å². The first kappa shape index (κ1) is 20.9. The molecule has 0 unspecified atom stereocenters. The quantitative estimate of drug-likeness (QED) is 0.248. The van der Waals surface area contributed by atoms with Gasteiger partial charge in [0.2, 0.25) is 0 Å². The molecule has 8 aromatic rings. The summed E-state index contributed by atoms with van der Waals surface area (Å²) in [5, 5.41) is 4.05. The van der Waals surface area contributed by atoms with Crippen molar-refractivity contribution >= 4 is 43.9 Å². The van der Waals surface area contributed by atoms with Crippen molar-refractivity contribution in [1.82, 2.24) is 15.0 Å². The fourth-order valence-corrected chi connectivity index (χ4v) is 5.26. The maximum Gasteiger partial charge on any atom is 0.164 e. The highest BCUT2D eigenvalue weighted by Crippen LogP contribution is 2.38. The molecule has 0 aliphatic rings. The lowest BCUT2D eigenvalue weighted by atomic mass is 10.0. The van der Waals surface area contributed by atoms with Crippen LogP contribution in [0.2, 0.25) is 0 Å². The van der Waals surface area contributed by atoms with Crippen LogP contribution in [-0.2, 0) is 0 Å². The van der Waals surface area contributed by atoms with E-state index in [1.807, 2.05) is 103 Å². The van der Waals surface area contributed by atoms with Crippen LogP contribution in [-0.4, -0.2) is 15.0 Å². The Labute approximate surface area is 217 Å². The Kier molecular flexibility index (Phi) is 4.45. The minimum Gasteiger partial charge on any atom is -0.456 e. The molecule has 0 aliphatic carbocycles. The highest BCUT2D eigenvalue weighted by Gasteiger charge is 2.20.